The summed E-state index contributed by atoms with van der Waals surface area (Å²) in [5, 5.41) is 3.80. The maximum absolute atomic E-state index is 12.7. The van der Waals surface area contributed by atoms with Crippen LogP contribution >= 0.6 is 11.6 Å². The number of nitrogens with zero attached hydrogens (tertiary/aromatic N) is 2. The van der Waals surface area contributed by atoms with E-state index in [1.54, 1.807) is 0 Å². The molecule has 0 radical (unpaired) electrons. The van der Waals surface area contributed by atoms with Gasteiger partial charge in [0.2, 0.25) is 0 Å². The molecule has 4 nitrogen and oxygen atoms in total. The number of benzene rings is 3. The molecule has 0 aliphatic rings. The van der Waals surface area contributed by atoms with Crippen molar-refractivity contribution in [2.24, 2.45) is 0 Å². The molecule has 3 aromatic carbocycles. The predicted molar refractivity (Wildman–Crippen MR) is 117 cm³/mol. The van der Waals surface area contributed by atoms with Crippen LogP contribution in [0.5, 0.6) is 0 Å². The van der Waals surface area contributed by atoms with Crippen molar-refractivity contribution in [3.05, 3.63) is 100 Å². The Morgan fingerprint density at radius 3 is 2.59 bits per heavy atom. The Bertz CT molecular complexity index is 1160. The van der Waals surface area contributed by atoms with Gasteiger partial charge in [0.15, 0.2) is 0 Å². The van der Waals surface area contributed by atoms with Crippen LogP contribution in [-0.2, 0) is 6.54 Å². The number of carbonyl (C=O) groups excluding carboxylic acids is 1. The maximum atomic E-state index is 12.7. The van der Waals surface area contributed by atoms with Gasteiger partial charge < -0.3 is 9.88 Å². The molecule has 1 amide bonds. The standard InChI is InChI=1S/C24H22ClN3O/c1-16-6-5-7-19(14-16)24(29)26-17(2)23-27-21-8-3-4-9-22(21)28(23)15-18-10-12-20(25)13-11-18/h3-14,17H,15H2,1-2H3,(H,26,29)/t17-/m1/s1. The van der Waals surface area contributed by atoms with E-state index >= 15 is 0 Å². The molecule has 0 unspecified atom stereocenters. The van der Waals surface area contributed by atoms with E-state index in [4.69, 9.17) is 16.6 Å². The largest absolute Gasteiger partial charge is 0.342 e. The second kappa shape index (κ2) is 8.10. The number of nitrogens with one attached hydrogen (secondary N) is 1. The summed E-state index contributed by atoms with van der Waals surface area (Å²) >= 11 is 6.03. The normalized spacial score (nSPS) is 12.1. The third kappa shape index (κ3) is 4.17. The summed E-state index contributed by atoms with van der Waals surface area (Å²) in [6.45, 7) is 4.59. The van der Waals surface area contributed by atoms with Crippen molar-refractivity contribution < 1.29 is 4.79 Å². The minimum absolute atomic E-state index is 0.105. The molecular formula is C24H22ClN3O. The molecule has 4 aromatic rings. The lowest BCUT2D eigenvalue weighted by Gasteiger charge is -2.17. The van der Waals surface area contributed by atoms with Crippen LogP contribution in [0, 0.1) is 6.92 Å². The fourth-order valence-electron chi connectivity index (χ4n) is 3.49. The van der Waals surface area contributed by atoms with Crippen molar-refractivity contribution in [1.82, 2.24) is 14.9 Å². The topological polar surface area (TPSA) is 46.9 Å². The zero-order chi connectivity index (χ0) is 20.4. The van der Waals surface area contributed by atoms with Gasteiger partial charge in [0.25, 0.3) is 5.91 Å². The van der Waals surface area contributed by atoms with Crippen molar-refractivity contribution in [3.63, 3.8) is 0 Å². The Morgan fingerprint density at radius 2 is 1.83 bits per heavy atom. The quantitative estimate of drug-likeness (QED) is 0.475. The van der Waals surface area contributed by atoms with Crippen molar-refractivity contribution in [2.75, 3.05) is 0 Å². The first-order valence-corrected chi connectivity index (χ1v) is 9.96. The van der Waals surface area contributed by atoms with Gasteiger partial charge in [-0.1, -0.05) is 53.6 Å². The number of aryl methyl sites for hydroxylation is 1. The molecule has 0 fully saturated rings. The first-order valence-electron chi connectivity index (χ1n) is 9.58. The zero-order valence-corrected chi connectivity index (χ0v) is 17.1. The fourth-order valence-corrected chi connectivity index (χ4v) is 3.62. The van der Waals surface area contributed by atoms with E-state index in [1.807, 2.05) is 80.6 Å². The van der Waals surface area contributed by atoms with Crippen LogP contribution in [-0.4, -0.2) is 15.5 Å². The van der Waals surface area contributed by atoms with Crippen LogP contribution in [0.2, 0.25) is 5.02 Å². The summed E-state index contributed by atoms with van der Waals surface area (Å²) in [4.78, 5) is 17.6. The number of imidazole rings is 1. The SMILES string of the molecule is Cc1cccc(C(=O)N[C@H](C)c2nc3ccccc3n2Cc2ccc(Cl)cc2)c1. The first kappa shape index (κ1) is 19.2. The molecule has 29 heavy (non-hydrogen) atoms. The Labute approximate surface area is 175 Å². The van der Waals surface area contributed by atoms with Crippen LogP contribution in [0.1, 0.15) is 40.3 Å². The number of hydrogen-bond acceptors (Lipinski definition) is 2. The van der Waals surface area contributed by atoms with E-state index in [1.165, 1.54) is 0 Å². The lowest BCUT2D eigenvalue weighted by Crippen LogP contribution is -2.28. The number of halogens is 1. The second-order valence-electron chi connectivity index (χ2n) is 7.24. The van der Waals surface area contributed by atoms with Crippen molar-refractivity contribution in [3.8, 4) is 0 Å². The van der Waals surface area contributed by atoms with Gasteiger partial charge in [0.05, 0.1) is 17.1 Å². The van der Waals surface area contributed by atoms with Crippen LogP contribution in [0.4, 0.5) is 0 Å². The number of aromatic nitrogens is 2. The van der Waals surface area contributed by atoms with Gasteiger partial charge >= 0.3 is 0 Å². The summed E-state index contributed by atoms with van der Waals surface area (Å²) in [5.41, 5.74) is 4.77. The Balaban J connectivity index is 1.67. The van der Waals surface area contributed by atoms with Gasteiger partial charge in [0.1, 0.15) is 5.82 Å². The van der Waals surface area contributed by atoms with Gasteiger partial charge in [-0.05, 0) is 55.8 Å². The molecule has 1 N–H and O–H groups in total. The van der Waals surface area contributed by atoms with Crippen LogP contribution < -0.4 is 5.32 Å². The van der Waals surface area contributed by atoms with Crippen molar-refractivity contribution in [2.45, 2.75) is 26.4 Å². The average molecular weight is 404 g/mol. The van der Waals surface area contributed by atoms with E-state index in [0.29, 0.717) is 17.1 Å². The van der Waals surface area contributed by atoms with E-state index in [0.717, 1.165) is 28.0 Å². The molecule has 146 valence electrons. The minimum Gasteiger partial charge on any atom is -0.342 e. The maximum Gasteiger partial charge on any atom is 0.251 e. The molecular weight excluding hydrogens is 382 g/mol. The number of rotatable bonds is 5. The number of para-hydroxylation sites is 2. The summed E-state index contributed by atoms with van der Waals surface area (Å²) in [6.07, 6.45) is 0. The Morgan fingerprint density at radius 1 is 1.07 bits per heavy atom. The molecule has 0 spiro atoms. The third-order valence-corrected chi connectivity index (χ3v) is 5.21. The molecule has 4 rings (SSSR count). The van der Waals surface area contributed by atoms with E-state index in [9.17, 15) is 4.79 Å². The molecule has 0 saturated carbocycles. The van der Waals surface area contributed by atoms with Gasteiger partial charge in [0, 0.05) is 17.1 Å². The molecule has 5 heteroatoms. The highest BCUT2D eigenvalue weighted by atomic mass is 35.5. The number of fused-ring (bicyclic) bond motifs is 1. The highest BCUT2D eigenvalue weighted by Gasteiger charge is 2.19. The molecule has 0 aliphatic carbocycles. The molecule has 1 atom stereocenters. The fraction of sp³-hybridized carbons (Fsp3) is 0.167. The smallest absolute Gasteiger partial charge is 0.251 e. The summed E-state index contributed by atoms with van der Waals surface area (Å²) in [6, 6.07) is 23.2. The molecule has 0 saturated heterocycles. The van der Waals surface area contributed by atoms with Crippen molar-refractivity contribution >= 4 is 28.5 Å². The monoisotopic (exact) mass is 403 g/mol. The van der Waals surface area contributed by atoms with Crippen LogP contribution in [0.25, 0.3) is 11.0 Å². The lowest BCUT2D eigenvalue weighted by molar-refractivity contribution is 0.0937. The molecule has 0 bridgehead atoms. The van der Waals surface area contributed by atoms with Crippen molar-refractivity contribution in [1.29, 1.82) is 0 Å². The van der Waals surface area contributed by atoms with Crippen LogP contribution in [0.15, 0.2) is 72.8 Å². The zero-order valence-electron chi connectivity index (χ0n) is 16.4. The number of amides is 1. The van der Waals surface area contributed by atoms with E-state index in [-0.39, 0.29) is 11.9 Å². The number of carbonyl (C=O) groups is 1. The Kier molecular flexibility index (Phi) is 5.36. The van der Waals surface area contributed by atoms with Gasteiger partial charge in [-0.3, -0.25) is 4.79 Å². The van der Waals surface area contributed by atoms with Crippen LogP contribution in [0.3, 0.4) is 0 Å². The summed E-state index contributed by atoms with van der Waals surface area (Å²) in [7, 11) is 0. The van der Waals surface area contributed by atoms with E-state index in [2.05, 4.69) is 16.0 Å². The van der Waals surface area contributed by atoms with Gasteiger partial charge in [-0.25, -0.2) is 4.98 Å². The predicted octanol–water partition coefficient (Wildman–Crippen LogP) is 5.54. The molecule has 1 aromatic heterocycles. The van der Waals surface area contributed by atoms with Gasteiger partial charge in [-0.2, -0.15) is 0 Å². The summed E-state index contributed by atoms with van der Waals surface area (Å²) < 4.78 is 2.15. The lowest BCUT2D eigenvalue weighted by atomic mass is 10.1. The average Bonchev–Trinajstić information content (AvgIpc) is 3.08. The van der Waals surface area contributed by atoms with E-state index < -0.39 is 0 Å². The number of hydrogen-bond donors (Lipinski definition) is 1. The Hall–Kier alpha value is -3.11. The highest BCUT2D eigenvalue weighted by Crippen LogP contribution is 2.23. The minimum atomic E-state index is -0.247. The first-order chi connectivity index (χ1) is 14.0. The van der Waals surface area contributed by atoms with Gasteiger partial charge in [-0.15, -0.1) is 0 Å². The molecule has 0 aliphatic heterocycles. The highest BCUT2D eigenvalue weighted by molar-refractivity contribution is 6.30. The molecule has 1 heterocycles. The summed E-state index contributed by atoms with van der Waals surface area (Å²) in [5.74, 6) is 0.716. The second-order valence-corrected chi connectivity index (χ2v) is 7.67. The third-order valence-electron chi connectivity index (χ3n) is 4.95.